The van der Waals surface area contributed by atoms with Gasteiger partial charge in [-0.05, 0) is 38.4 Å². The maximum absolute atomic E-state index is 11.0. The summed E-state index contributed by atoms with van der Waals surface area (Å²) >= 11 is 0. The number of ether oxygens (including phenoxy) is 1. The number of hydrogen-bond acceptors (Lipinski definition) is 5. The van der Waals surface area contributed by atoms with Gasteiger partial charge in [0.2, 0.25) is 0 Å². The van der Waals surface area contributed by atoms with Crippen molar-refractivity contribution in [2.75, 3.05) is 13.7 Å². The van der Waals surface area contributed by atoms with E-state index >= 15 is 0 Å². The first kappa shape index (κ1) is 16.9. The molecule has 7 nitrogen and oxygen atoms in total. The normalized spacial score (nSPS) is 11.2. The van der Waals surface area contributed by atoms with Crippen molar-refractivity contribution in [1.82, 2.24) is 5.32 Å². The molecule has 0 spiro atoms. The van der Waals surface area contributed by atoms with E-state index in [9.17, 15) is 14.9 Å². The first-order valence-electron chi connectivity index (χ1n) is 6.53. The molecular formula is C14H20N2O5. The number of nitrogens with one attached hydrogen (secondary N) is 1. The third kappa shape index (κ3) is 4.71. The standard InChI is InChI=1S/C14H20N2O5/c1-14(2,13(17)18)6-7-15-9-10-4-5-12(21-3)11(8-10)16(19)20/h4-5,8,15H,6-7,9H2,1-3H3,(H,17,18). The summed E-state index contributed by atoms with van der Waals surface area (Å²) in [6.07, 6.45) is 0.473. The van der Waals surface area contributed by atoms with E-state index in [1.807, 2.05) is 0 Å². The summed E-state index contributed by atoms with van der Waals surface area (Å²) in [5.74, 6) is -0.625. The third-order valence-electron chi connectivity index (χ3n) is 3.27. The van der Waals surface area contributed by atoms with Crippen LogP contribution in [0.25, 0.3) is 0 Å². The highest BCUT2D eigenvalue weighted by atomic mass is 16.6. The minimum atomic E-state index is -0.843. The zero-order valence-electron chi connectivity index (χ0n) is 12.4. The minimum absolute atomic E-state index is 0.0809. The third-order valence-corrected chi connectivity index (χ3v) is 3.27. The van der Waals surface area contributed by atoms with Crippen LogP contribution in [0.1, 0.15) is 25.8 Å². The highest BCUT2D eigenvalue weighted by molar-refractivity contribution is 5.73. The van der Waals surface area contributed by atoms with Crippen molar-refractivity contribution in [2.45, 2.75) is 26.8 Å². The van der Waals surface area contributed by atoms with E-state index in [1.165, 1.54) is 13.2 Å². The summed E-state index contributed by atoms with van der Waals surface area (Å²) in [6.45, 7) is 4.27. The lowest BCUT2D eigenvalue weighted by molar-refractivity contribution is -0.385. The van der Waals surface area contributed by atoms with Gasteiger partial charge in [0.15, 0.2) is 5.75 Å². The molecule has 1 aromatic carbocycles. The lowest BCUT2D eigenvalue weighted by atomic mass is 9.90. The Balaban J connectivity index is 2.59. The van der Waals surface area contributed by atoms with E-state index in [-0.39, 0.29) is 11.4 Å². The van der Waals surface area contributed by atoms with Crippen molar-refractivity contribution < 1.29 is 19.6 Å². The van der Waals surface area contributed by atoms with Crippen LogP contribution in [0.5, 0.6) is 5.75 Å². The average Bonchev–Trinajstić information content (AvgIpc) is 2.43. The molecule has 7 heteroatoms. The van der Waals surface area contributed by atoms with Crippen LogP contribution in [0.3, 0.4) is 0 Å². The summed E-state index contributed by atoms with van der Waals surface area (Å²) in [4.78, 5) is 21.4. The first-order valence-corrected chi connectivity index (χ1v) is 6.53. The van der Waals surface area contributed by atoms with E-state index in [1.54, 1.807) is 26.0 Å². The molecular weight excluding hydrogens is 276 g/mol. The van der Waals surface area contributed by atoms with Gasteiger partial charge < -0.3 is 15.2 Å². The number of methoxy groups -OCH3 is 1. The Hall–Kier alpha value is -2.15. The Morgan fingerprint density at radius 2 is 2.14 bits per heavy atom. The number of carboxylic acids is 1. The highest BCUT2D eigenvalue weighted by Gasteiger charge is 2.26. The molecule has 0 unspecified atom stereocenters. The Morgan fingerprint density at radius 1 is 1.48 bits per heavy atom. The van der Waals surface area contributed by atoms with Gasteiger partial charge in [-0.3, -0.25) is 14.9 Å². The average molecular weight is 296 g/mol. The summed E-state index contributed by atoms with van der Waals surface area (Å²) in [5, 5.41) is 23.0. The molecule has 2 N–H and O–H groups in total. The Kier molecular flexibility index (Phi) is 5.66. The minimum Gasteiger partial charge on any atom is -0.490 e. The monoisotopic (exact) mass is 296 g/mol. The zero-order valence-corrected chi connectivity index (χ0v) is 12.4. The number of hydrogen-bond donors (Lipinski definition) is 2. The van der Waals surface area contributed by atoms with Crippen LogP contribution < -0.4 is 10.1 Å². The Bertz CT molecular complexity index is 528. The molecule has 0 bridgehead atoms. The van der Waals surface area contributed by atoms with Crippen LogP contribution in [0.15, 0.2) is 18.2 Å². The van der Waals surface area contributed by atoms with Crippen LogP contribution >= 0.6 is 0 Å². The van der Waals surface area contributed by atoms with Crippen molar-refractivity contribution in [2.24, 2.45) is 5.41 Å². The smallest absolute Gasteiger partial charge is 0.311 e. The van der Waals surface area contributed by atoms with Gasteiger partial charge in [0.25, 0.3) is 0 Å². The highest BCUT2D eigenvalue weighted by Crippen LogP contribution is 2.27. The van der Waals surface area contributed by atoms with Gasteiger partial charge in [0.1, 0.15) is 0 Å². The predicted octanol–water partition coefficient (Wildman–Crippen LogP) is 2.19. The molecule has 0 aliphatic carbocycles. The van der Waals surface area contributed by atoms with Crippen LogP contribution in [-0.4, -0.2) is 29.7 Å². The van der Waals surface area contributed by atoms with E-state index in [4.69, 9.17) is 9.84 Å². The second-order valence-corrected chi connectivity index (χ2v) is 5.38. The van der Waals surface area contributed by atoms with Gasteiger partial charge in [-0.1, -0.05) is 6.07 Å². The summed E-state index contributed by atoms with van der Waals surface area (Å²) in [7, 11) is 1.38. The fraction of sp³-hybridized carbons (Fsp3) is 0.500. The summed E-state index contributed by atoms with van der Waals surface area (Å²) in [6, 6.07) is 4.74. The van der Waals surface area contributed by atoms with E-state index in [0.717, 1.165) is 5.56 Å². The van der Waals surface area contributed by atoms with Gasteiger partial charge in [0.05, 0.1) is 17.4 Å². The molecule has 0 amide bonds. The van der Waals surface area contributed by atoms with E-state index in [0.29, 0.717) is 19.5 Å². The molecule has 1 aromatic rings. The van der Waals surface area contributed by atoms with Crippen molar-refractivity contribution in [1.29, 1.82) is 0 Å². The summed E-state index contributed by atoms with van der Waals surface area (Å²) < 4.78 is 4.93. The second-order valence-electron chi connectivity index (χ2n) is 5.38. The van der Waals surface area contributed by atoms with Gasteiger partial charge in [-0.2, -0.15) is 0 Å². The van der Waals surface area contributed by atoms with Gasteiger partial charge >= 0.3 is 11.7 Å². The van der Waals surface area contributed by atoms with Gasteiger partial charge in [-0.25, -0.2) is 0 Å². The lowest BCUT2D eigenvalue weighted by Gasteiger charge is -2.18. The number of nitrogens with zero attached hydrogens (tertiary/aromatic N) is 1. The lowest BCUT2D eigenvalue weighted by Crippen LogP contribution is -2.28. The van der Waals surface area contributed by atoms with Crippen LogP contribution in [0.4, 0.5) is 5.69 Å². The number of nitro benzene ring substituents is 1. The van der Waals surface area contributed by atoms with Crippen molar-refractivity contribution >= 4 is 11.7 Å². The maximum atomic E-state index is 11.0. The Labute approximate surface area is 123 Å². The second kappa shape index (κ2) is 7.03. The molecule has 0 aliphatic rings. The predicted molar refractivity (Wildman–Crippen MR) is 77.4 cm³/mol. The number of carboxylic acid groups (broad SMARTS) is 1. The fourth-order valence-electron chi connectivity index (χ4n) is 1.73. The maximum Gasteiger partial charge on any atom is 0.311 e. The Morgan fingerprint density at radius 3 is 2.67 bits per heavy atom. The van der Waals surface area contributed by atoms with Crippen LogP contribution in [0, 0.1) is 15.5 Å². The van der Waals surface area contributed by atoms with Crippen LogP contribution in [-0.2, 0) is 11.3 Å². The molecule has 0 saturated carbocycles. The van der Waals surface area contributed by atoms with Crippen molar-refractivity contribution in [3.63, 3.8) is 0 Å². The molecule has 0 aliphatic heterocycles. The zero-order chi connectivity index (χ0) is 16.0. The molecule has 0 atom stereocenters. The quantitative estimate of drug-likeness (QED) is 0.433. The topological polar surface area (TPSA) is 102 Å². The fourth-order valence-corrected chi connectivity index (χ4v) is 1.73. The molecule has 0 saturated heterocycles. The SMILES string of the molecule is COc1ccc(CNCCC(C)(C)C(=O)O)cc1[N+](=O)[O-]. The molecule has 0 fully saturated rings. The van der Waals surface area contributed by atoms with Gasteiger partial charge in [0, 0.05) is 12.6 Å². The number of carbonyl (C=O) groups is 1. The van der Waals surface area contributed by atoms with E-state index < -0.39 is 16.3 Å². The van der Waals surface area contributed by atoms with E-state index in [2.05, 4.69) is 5.32 Å². The molecule has 0 aromatic heterocycles. The van der Waals surface area contributed by atoms with Crippen molar-refractivity contribution in [3.05, 3.63) is 33.9 Å². The van der Waals surface area contributed by atoms with Crippen molar-refractivity contribution in [3.8, 4) is 5.75 Å². The molecule has 21 heavy (non-hydrogen) atoms. The number of rotatable bonds is 8. The molecule has 116 valence electrons. The summed E-state index contributed by atoms with van der Waals surface area (Å²) in [5.41, 5.74) is -0.128. The molecule has 0 radical (unpaired) electrons. The molecule has 1 rings (SSSR count). The number of nitro groups is 1. The molecule has 0 heterocycles. The van der Waals surface area contributed by atoms with Gasteiger partial charge in [-0.15, -0.1) is 0 Å². The largest absolute Gasteiger partial charge is 0.490 e. The first-order chi connectivity index (χ1) is 9.77. The number of aliphatic carboxylic acids is 1. The number of benzene rings is 1. The van der Waals surface area contributed by atoms with Crippen LogP contribution in [0.2, 0.25) is 0 Å².